The number of halogens is 1. The Labute approximate surface area is 105 Å². The van der Waals surface area contributed by atoms with Crippen LogP contribution in [0, 0.1) is 5.82 Å². The van der Waals surface area contributed by atoms with Gasteiger partial charge in [-0.25, -0.2) is 4.39 Å². The molecule has 0 saturated carbocycles. The highest BCUT2D eigenvalue weighted by Crippen LogP contribution is 2.36. The Balaban J connectivity index is 1.98. The maximum Gasteiger partial charge on any atom is 0.124 e. The topological polar surface area (TPSA) is 12.0 Å². The van der Waals surface area contributed by atoms with E-state index in [2.05, 4.69) is 10.7 Å². The first-order valence-corrected chi connectivity index (χ1v) is 7.10. The first kappa shape index (κ1) is 11.2. The Morgan fingerprint density at radius 3 is 3.12 bits per heavy atom. The molecule has 3 heteroatoms. The zero-order chi connectivity index (χ0) is 11.7. The van der Waals surface area contributed by atoms with E-state index in [0.717, 1.165) is 17.8 Å². The van der Waals surface area contributed by atoms with Gasteiger partial charge in [0.2, 0.25) is 0 Å². The number of rotatable bonds is 1. The minimum atomic E-state index is -0.131. The van der Waals surface area contributed by atoms with E-state index >= 15 is 0 Å². The smallest absolute Gasteiger partial charge is 0.124 e. The van der Waals surface area contributed by atoms with Crippen LogP contribution in [0.2, 0.25) is 0 Å². The molecule has 17 heavy (non-hydrogen) atoms. The lowest BCUT2D eigenvalue weighted by atomic mass is 9.92. The average Bonchev–Trinajstić information content (AvgIpc) is 2.57. The SMILES string of the molecule is Fc1ccc2c(C3CCCNCC3)csc2c1. The number of hydrogen-bond donors (Lipinski definition) is 1. The summed E-state index contributed by atoms with van der Waals surface area (Å²) in [5.74, 6) is 0.512. The van der Waals surface area contributed by atoms with Crippen molar-refractivity contribution in [1.82, 2.24) is 5.32 Å². The second-order valence-corrected chi connectivity index (χ2v) is 5.62. The summed E-state index contributed by atoms with van der Waals surface area (Å²) in [6, 6.07) is 5.17. The third-order valence-electron chi connectivity index (χ3n) is 3.58. The lowest BCUT2D eigenvalue weighted by Crippen LogP contribution is -2.13. The maximum atomic E-state index is 13.1. The summed E-state index contributed by atoms with van der Waals surface area (Å²) < 4.78 is 14.2. The summed E-state index contributed by atoms with van der Waals surface area (Å²) in [4.78, 5) is 0. The van der Waals surface area contributed by atoms with Crippen molar-refractivity contribution >= 4 is 21.4 Å². The standard InChI is InChI=1S/C14H16FNS/c15-11-3-4-12-13(9-17-14(12)8-11)10-2-1-6-16-7-5-10/h3-4,8-10,16H,1-2,5-7H2. The van der Waals surface area contributed by atoms with Gasteiger partial charge in [-0.15, -0.1) is 11.3 Å². The van der Waals surface area contributed by atoms with Gasteiger partial charge in [-0.1, -0.05) is 6.07 Å². The molecular formula is C14H16FNS. The molecule has 1 N–H and O–H groups in total. The molecule has 1 aliphatic rings. The molecule has 1 atom stereocenters. The Bertz CT molecular complexity index is 512. The first-order valence-electron chi connectivity index (χ1n) is 6.22. The van der Waals surface area contributed by atoms with E-state index in [1.165, 1.54) is 30.2 Å². The average molecular weight is 249 g/mol. The van der Waals surface area contributed by atoms with Gasteiger partial charge in [0, 0.05) is 4.70 Å². The van der Waals surface area contributed by atoms with Crippen molar-refractivity contribution in [3.05, 3.63) is 35.0 Å². The maximum absolute atomic E-state index is 13.1. The van der Waals surface area contributed by atoms with Crippen LogP contribution in [0.15, 0.2) is 23.6 Å². The van der Waals surface area contributed by atoms with Gasteiger partial charge in [0.25, 0.3) is 0 Å². The van der Waals surface area contributed by atoms with E-state index < -0.39 is 0 Å². The van der Waals surface area contributed by atoms with E-state index in [-0.39, 0.29) is 5.82 Å². The molecule has 1 fully saturated rings. The molecule has 1 aromatic carbocycles. The second kappa shape index (κ2) is 4.75. The van der Waals surface area contributed by atoms with Gasteiger partial charge < -0.3 is 5.32 Å². The number of benzene rings is 1. The fourth-order valence-corrected chi connectivity index (χ4v) is 3.74. The number of fused-ring (bicyclic) bond motifs is 1. The highest BCUT2D eigenvalue weighted by atomic mass is 32.1. The Morgan fingerprint density at radius 1 is 1.24 bits per heavy atom. The molecule has 1 aliphatic heterocycles. The Morgan fingerprint density at radius 2 is 2.18 bits per heavy atom. The normalized spacial score (nSPS) is 21.6. The van der Waals surface area contributed by atoms with Crippen LogP contribution in [0.3, 0.4) is 0 Å². The lowest BCUT2D eigenvalue weighted by Gasteiger charge is -2.12. The Kier molecular flexibility index (Phi) is 3.12. The summed E-state index contributed by atoms with van der Waals surface area (Å²) >= 11 is 1.67. The van der Waals surface area contributed by atoms with Crippen LogP contribution >= 0.6 is 11.3 Å². The van der Waals surface area contributed by atoms with Crippen LogP contribution in [0.25, 0.3) is 10.1 Å². The minimum Gasteiger partial charge on any atom is -0.317 e. The van der Waals surface area contributed by atoms with Crippen molar-refractivity contribution in [3.8, 4) is 0 Å². The number of nitrogens with one attached hydrogen (secondary N) is 1. The molecule has 1 unspecified atom stereocenters. The second-order valence-electron chi connectivity index (χ2n) is 4.71. The highest BCUT2D eigenvalue weighted by Gasteiger charge is 2.17. The molecule has 2 aromatic rings. The molecule has 0 aliphatic carbocycles. The molecule has 2 heterocycles. The fourth-order valence-electron chi connectivity index (χ4n) is 2.67. The zero-order valence-electron chi connectivity index (χ0n) is 9.71. The third kappa shape index (κ3) is 2.22. The van der Waals surface area contributed by atoms with Crippen LogP contribution in [0.5, 0.6) is 0 Å². The van der Waals surface area contributed by atoms with Crippen molar-refractivity contribution in [2.24, 2.45) is 0 Å². The largest absolute Gasteiger partial charge is 0.317 e. The monoisotopic (exact) mass is 249 g/mol. The van der Waals surface area contributed by atoms with Crippen molar-refractivity contribution < 1.29 is 4.39 Å². The van der Waals surface area contributed by atoms with E-state index in [1.807, 2.05) is 6.07 Å². The van der Waals surface area contributed by atoms with Crippen molar-refractivity contribution in [1.29, 1.82) is 0 Å². The van der Waals surface area contributed by atoms with Gasteiger partial charge in [0.15, 0.2) is 0 Å². The van der Waals surface area contributed by atoms with E-state index in [1.54, 1.807) is 23.5 Å². The molecule has 3 rings (SSSR count). The molecule has 1 saturated heterocycles. The van der Waals surface area contributed by atoms with Gasteiger partial charge in [-0.3, -0.25) is 0 Å². The summed E-state index contributed by atoms with van der Waals surface area (Å²) in [7, 11) is 0. The molecule has 0 amide bonds. The summed E-state index contributed by atoms with van der Waals surface area (Å²) in [5.41, 5.74) is 1.42. The van der Waals surface area contributed by atoms with E-state index in [4.69, 9.17) is 0 Å². The number of hydrogen-bond acceptors (Lipinski definition) is 2. The molecule has 0 bridgehead atoms. The quantitative estimate of drug-likeness (QED) is 0.808. The van der Waals surface area contributed by atoms with Crippen molar-refractivity contribution in [2.45, 2.75) is 25.2 Å². The molecule has 90 valence electrons. The minimum absolute atomic E-state index is 0.131. The summed E-state index contributed by atoms with van der Waals surface area (Å²) in [6.07, 6.45) is 3.68. The first-order chi connectivity index (χ1) is 8.34. The predicted octanol–water partition coefficient (Wildman–Crippen LogP) is 3.90. The fraction of sp³-hybridized carbons (Fsp3) is 0.429. The Hall–Kier alpha value is -0.930. The summed E-state index contributed by atoms with van der Waals surface area (Å²) in [6.45, 7) is 2.23. The van der Waals surface area contributed by atoms with Gasteiger partial charge in [0.1, 0.15) is 5.82 Å². The summed E-state index contributed by atoms with van der Waals surface area (Å²) in [5, 5.41) is 6.92. The van der Waals surface area contributed by atoms with Crippen LogP contribution in [0.4, 0.5) is 4.39 Å². The molecule has 1 nitrogen and oxygen atoms in total. The zero-order valence-corrected chi connectivity index (χ0v) is 10.5. The predicted molar refractivity (Wildman–Crippen MR) is 71.2 cm³/mol. The lowest BCUT2D eigenvalue weighted by molar-refractivity contribution is 0.614. The van der Waals surface area contributed by atoms with Gasteiger partial charge in [-0.2, -0.15) is 0 Å². The number of thiophene rings is 1. The van der Waals surface area contributed by atoms with Crippen LogP contribution < -0.4 is 5.32 Å². The van der Waals surface area contributed by atoms with Crippen LogP contribution in [-0.2, 0) is 0 Å². The molecular weight excluding hydrogens is 233 g/mol. The molecule has 0 radical (unpaired) electrons. The van der Waals surface area contributed by atoms with Gasteiger partial charge >= 0.3 is 0 Å². The van der Waals surface area contributed by atoms with Crippen molar-refractivity contribution in [3.63, 3.8) is 0 Å². The third-order valence-corrected chi connectivity index (χ3v) is 4.55. The molecule has 0 spiro atoms. The molecule has 1 aromatic heterocycles. The van der Waals surface area contributed by atoms with Crippen LogP contribution in [0.1, 0.15) is 30.7 Å². The van der Waals surface area contributed by atoms with Crippen molar-refractivity contribution in [2.75, 3.05) is 13.1 Å². The van der Waals surface area contributed by atoms with Gasteiger partial charge in [0.05, 0.1) is 0 Å². The highest BCUT2D eigenvalue weighted by molar-refractivity contribution is 7.17. The van der Waals surface area contributed by atoms with E-state index in [0.29, 0.717) is 5.92 Å². The van der Waals surface area contributed by atoms with E-state index in [9.17, 15) is 4.39 Å². The van der Waals surface area contributed by atoms with Crippen LogP contribution in [-0.4, -0.2) is 13.1 Å². The van der Waals surface area contributed by atoms with Gasteiger partial charge in [-0.05, 0) is 66.7 Å².